The number of aliphatic hydroxyl groups is 2. The molecule has 0 heterocycles. The zero-order valence-electron chi connectivity index (χ0n) is 18.0. The minimum absolute atomic E-state index is 0.0732. The van der Waals surface area contributed by atoms with E-state index in [1.165, 1.54) is 0 Å². The van der Waals surface area contributed by atoms with Crippen LogP contribution in [-0.4, -0.2) is 45.6 Å². The maximum absolute atomic E-state index is 12.4. The fourth-order valence-corrected chi connectivity index (χ4v) is 4.97. The summed E-state index contributed by atoms with van der Waals surface area (Å²) in [5.74, 6) is 0.00883. The SMILES string of the molecule is CC[C@H](C)C(=O)O[C@H]1CCC[C@H]2C=C[C@@H](C)[C@@H](CC[C@H](O)C[C@H](O)CC(=O)O)[C@@H]21. The van der Waals surface area contributed by atoms with Gasteiger partial charge >= 0.3 is 11.9 Å². The van der Waals surface area contributed by atoms with Crippen molar-refractivity contribution in [1.29, 1.82) is 0 Å². The van der Waals surface area contributed by atoms with Gasteiger partial charge in [-0.1, -0.05) is 32.9 Å². The molecule has 1 saturated carbocycles. The minimum Gasteiger partial charge on any atom is -0.481 e. The van der Waals surface area contributed by atoms with Gasteiger partial charge in [0.2, 0.25) is 0 Å². The molecule has 1 fully saturated rings. The number of hydrogen-bond acceptors (Lipinski definition) is 5. The summed E-state index contributed by atoms with van der Waals surface area (Å²) < 4.78 is 5.97. The van der Waals surface area contributed by atoms with Crippen molar-refractivity contribution in [2.45, 2.75) is 90.4 Å². The third-order valence-electron chi connectivity index (χ3n) is 6.85. The Morgan fingerprint density at radius 3 is 2.55 bits per heavy atom. The Morgan fingerprint density at radius 1 is 1.17 bits per heavy atom. The number of fused-ring (bicyclic) bond motifs is 1. The number of hydrogen-bond donors (Lipinski definition) is 3. The summed E-state index contributed by atoms with van der Waals surface area (Å²) in [4.78, 5) is 23.1. The predicted molar refractivity (Wildman–Crippen MR) is 110 cm³/mol. The third kappa shape index (κ3) is 6.82. The minimum atomic E-state index is -1.06. The van der Waals surface area contributed by atoms with Crippen LogP contribution >= 0.6 is 0 Å². The number of carbonyl (C=O) groups is 2. The van der Waals surface area contributed by atoms with E-state index in [1.807, 2.05) is 13.8 Å². The number of allylic oxidation sites excluding steroid dienone is 2. The van der Waals surface area contributed by atoms with E-state index in [9.17, 15) is 19.8 Å². The van der Waals surface area contributed by atoms with E-state index in [2.05, 4.69) is 19.1 Å². The number of carboxylic acids is 1. The van der Waals surface area contributed by atoms with Gasteiger partial charge in [-0.15, -0.1) is 0 Å². The van der Waals surface area contributed by atoms with Crippen LogP contribution in [0.15, 0.2) is 12.2 Å². The van der Waals surface area contributed by atoms with Gasteiger partial charge in [0.25, 0.3) is 0 Å². The Kier molecular flexibility index (Phi) is 9.15. The van der Waals surface area contributed by atoms with E-state index < -0.39 is 18.2 Å². The van der Waals surface area contributed by atoms with Crippen LogP contribution in [0.1, 0.15) is 72.1 Å². The first-order chi connectivity index (χ1) is 13.7. The summed E-state index contributed by atoms with van der Waals surface area (Å²) in [6, 6.07) is 0. The van der Waals surface area contributed by atoms with E-state index in [4.69, 9.17) is 9.84 Å². The Hall–Kier alpha value is -1.40. The fraction of sp³-hybridized carbons (Fsp3) is 0.826. The van der Waals surface area contributed by atoms with Crippen molar-refractivity contribution in [3.63, 3.8) is 0 Å². The molecule has 0 aromatic carbocycles. The number of carbonyl (C=O) groups excluding carboxylic acids is 1. The number of esters is 1. The van der Waals surface area contributed by atoms with Gasteiger partial charge < -0.3 is 20.1 Å². The molecule has 0 aromatic heterocycles. The first-order valence-corrected chi connectivity index (χ1v) is 11.2. The van der Waals surface area contributed by atoms with E-state index in [0.29, 0.717) is 24.2 Å². The Morgan fingerprint density at radius 2 is 1.90 bits per heavy atom. The normalized spacial score (nSPS) is 32.1. The Labute approximate surface area is 174 Å². The quantitative estimate of drug-likeness (QED) is 0.376. The molecule has 0 aliphatic heterocycles. The molecule has 0 aromatic rings. The lowest BCUT2D eigenvalue weighted by atomic mass is 9.62. The van der Waals surface area contributed by atoms with Crippen LogP contribution in [0.2, 0.25) is 0 Å². The molecule has 0 saturated heterocycles. The summed E-state index contributed by atoms with van der Waals surface area (Å²) in [6.07, 6.45) is 7.49. The molecule has 6 heteroatoms. The van der Waals surface area contributed by atoms with E-state index in [1.54, 1.807) is 0 Å². The molecule has 2 aliphatic rings. The van der Waals surface area contributed by atoms with Gasteiger partial charge in [-0.05, 0) is 62.7 Å². The molecule has 0 spiro atoms. The molecular formula is C23H38O6. The highest BCUT2D eigenvalue weighted by atomic mass is 16.5. The van der Waals surface area contributed by atoms with Gasteiger partial charge in [-0.2, -0.15) is 0 Å². The van der Waals surface area contributed by atoms with Crippen molar-refractivity contribution in [3.05, 3.63) is 12.2 Å². The smallest absolute Gasteiger partial charge is 0.308 e. The number of carboxylic acid groups (broad SMARTS) is 1. The lowest BCUT2D eigenvalue weighted by Crippen LogP contribution is -2.44. The molecular weight excluding hydrogens is 372 g/mol. The maximum atomic E-state index is 12.4. The molecule has 2 aliphatic carbocycles. The number of rotatable bonds is 10. The van der Waals surface area contributed by atoms with Gasteiger partial charge in [0.1, 0.15) is 6.10 Å². The summed E-state index contributed by atoms with van der Waals surface area (Å²) >= 11 is 0. The van der Waals surface area contributed by atoms with Gasteiger partial charge in [0, 0.05) is 5.92 Å². The van der Waals surface area contributed by atoms with Crippen LogP contribution in [0.5, 0.6) is 0 Å². The molecule has 0 unspecified atom stereocenters. The highest BCUT2D eigenvalue weighted by Gasteiger charge is 2.43. The monoisotopic (exact) mass is 410 g/mol. The van der Waals surface area contributed by atoms with Gasteiger partial charge in [0.15, 0.2) is 0 Å². The van der Waals surface area contributed by atoms with Crippen LogP contribution < -0.4 is 0 Å². The van der Waals surface area contributed by atoms with Crippen molar-refractivity contribution >= 4 is 11.9 Å². The Bertz CT molecular complexity index is 574. The highest BCUT2D eigenvalue weighted by molar-refractivity contribution is 5.72. The van der Waals surface area contributed by atoms with Crippen LogP contribution in [0.25, 0.3) is 0 Å². The number of ether oxygens (including phenoxy) is 1. The topological polar surface area (TPSA) is 104 Å². The lowest BCUT2D eigenvalue weighted by molar-refractivity contribution is -0.162. The molecule has 8 atom stereocenters. The van der Waals surface area contributed by atoms with Crippen LogP contribution in [0.4, 0.5) is 0 Å². The predicted octanol–water partition coefficient (Wildman–Crippen LogP) is 3.55. The van der Waals surface area contributed by atoms with Crippen LogP contribution in [0, 0.1) is 29.6 Å². The van der Waals surface area contributed by atoms with Crippen molar-refractivity contribution < 1.29 is 29.6 Å². The van der Waals surface area contributed by atoms with E-state index in [0.717, 1.165) is 32.1 Å². The van der Waals surface area contributed by atoms with Crippen molar-refractivity contribution in [2.24, 2.45) is 29.6 Å². The van der Waals surface area contributed by atoms with Crippen molar-refractivity contribution in [3.8, 4) is 0 Å². The standard InChI is InChI=1S/C23H38O6/c1-4-14(2)23(28)29-20-7-5-6-16-9-8-15(3)19(22(16)20)11-10-17(24)12-18(25)13-21(26)27/h8-9,14-20,22,24-25H,4-7,10-13H2,1-3H3,(H,26,27)/t14-,15+,16-,17-,18-,19+,20-,22+/m0/s1. The zero-order valence-corrected chi connectivity index (χ0v) is 18.0. The van der Waals surface area contributed by atoms with Crippen LogP contribution in [0.3, 0.4) is 0 Å². The lowest BCUT2D eigenvalue weighted by Gasteiger charge is -2.46. The first-order valence-electron chi connectivity index (χ1n) is 11.2. The largest absolute Gasteiger partial charge is 0.481 e. The summed E-state index contributed by atoms with van der Waals surface area (Å²) in [5, 5.41) is 28.8. The third-order valence-corrected chi connectivity index (χ3v) is 6.85. The molecule has 0 bridgehead atoms. The summed E-state index contributed by atoms with van der Waals surface area (Å²) in [7, 11) is 0. The second-order valence-corrected chi connectivity index (χ2v) is 9.08. The first kappa shape index (κ1) is 23.9. The molecule has 29 heavy (non-hydrogen) atoms. The maximum Gasteiger partial charge on any atom is 0.308 e. The molecule has 0 radical (unpaired) electrons. The molecule has 6 nitrogen and oxygen atoms in total. The molecule has 166 valence electrons. The van der Waals surface area contributed by atoms with Crippen LogP contribution in [-0.2, 0) is 14.3 Å². The molecule has 0 amide bonds. The Balaban J connectivity index is 2.01. The van der Waals surface area contributed by atoms with Crippen molar-refractivity contribution in [1.82, 2.24) is 0 Å². The van der Waals surface area contributed by atoms with Gasteiger partial charge in [-0.3, -0.25) is 9.59 Å². The average molecular weight is 411 g/mol. The fourth-order valence-electron chi connectivity index (χ4n) is 4.97. The second kappa shape index (κ2) is 11.1. The summed E-state index contributed by atoms with van der Waals surface area (Å²) in [5.41, 5.74) is 0. The van der Waals surface area contributed by atoms with E-state index in [-0.39, 0.29) is 36.8 Å². The van der Waals surface area contributed by atoms with E-state index >= 15 is 0 Å². The molecule has 2 rings (SSSR count). The molecule has 3 N–H and O–H groups in total. The summed E-state index contributed by atoms with van der Waals surface area (Å²) in [6.45, 7) is 6.07. The zero-order chi connectivity index (χ0) is 21.6. The number of aliphatic hydroxyl groups excluding tert-OH is 2. The van der Waals surface area contributed by atoms with Crippen molar-refractivity contribution in [2.75, 3.05) is 0 Å². The number of aliphatic carboxylic acids is 1. The van der Waals surface area contributed by atoms with Gasteiger partial charge in [-0.25, -0.2) is 0 Å². The second-order valence-electron chi connectivity index (χ2n) is 9.08. The highest BCUT2D eigenvalue weighted by Crippen LogP contribution is 2.46. The average Bonchev–Trinajstić information content (AvgIpc) is 2.66. The van der Waals surface area contributed by atoms with Gasteiger partial charge in [0.05, 0.1) is 24.5 Å².